The molecule has 3 rings (SSSR count). The van der Waals surface area contributed by atoms with Gasteiger partial charge in [-0.2, -0.15) is 0 Å². The number of anilines is 1. The van der Waals surface area contributed by atoms with Gasteiger partial charge in [0.05, 0.1) is 4.99 Å². The average molecular weight is 371 g/mol. The number of nitrogens with zero attached hydrogens (tertiary/aromatic N) is 2. The molecule has 0 aromatic heterocycles. The van der Waals surface area contributed by atoms with E-state index in [9.17, 15) is 4.79 Å². The maximum atomic E-state index is 13.0. The monoisotopic (exact) mass is 370 g/mol. The molecular weight excluding hydrogens is 340 g/mol. The number of amides is 1. The first-order valence-corrected chi connectivity index (χ1v) is 10.3. The molecule has 140 valence electrons. The number of carbonyl (C=O) groups is 1. The Kier molecular flexibility index (Phi) is 6.13. The number of unbranched alkanes of at least 4 members (excludes halogenated alkanes) is 4. The summed E-state index contributed by atoms with van der Waals surface area (Å²) in [6.45, 7) is 3.00. The fourth-order valence-corrected chi connectivity index (χ4v) is 4.16. The second-order valence-corrected chi connectivity index (χ2v) is 8.16. The number of likely N-dealkylation sites (tertiary alicyclic amines) is 1. The number of hydrogen-bond acceptors (Lipinski definition) is 3. The van der Waals surface area contributed by atoms with Crippen LogP contribution in [0.5, 0.6) is 0 Å². The van der Waals surface area contributed by atoms with Crippen molar-refractivity contribution in [3.8, 4) is 0 Å². The second-order valence-electron chi connectivity index (χ2n) is 7.74. The molecule has 0 spiro atoms. The summed E-state index contributed by atoms with van der Waals surface area (Å²) in [4.78, 5) is 17.9. The van der Waals surface area contributed by atoms with Crippen molar-refractivity contribution in [1.82, 2.24) is 4.90 Å². The number of piperidine rings is 1. The highest BCUT2D eigenvalue weighted by Crippen LogP contribution is 2.50. The summed E-state index contributed by atoms with van der Waals surface area (Å²) in [5.41, 5.74) is 3.22. The van der Waals surface area contributed by atoms with Crippen molar-refractivity contribution in [2.24, 2.45) is 11.8 Å². The van der Waals surface area contributed by atoms with Crippen LogP contribution in [-0.4, -0.2) is 36.4 Å². The van der Waals surface area contributed by atoms with Crippen LogP contribution in [0.3, 0.4) is 0 Å². The Hall–Kier alpha value is -1.68. The van der Waals surface area contributed by atoms with Gasteiger partial charge in [0.2, 0.25) is 0 Å². The highest BCUT2D eigenvalue weighted by Gasteiger charge is 2.52. The first-order valence-electron chi connectivity index (χ1n) is 9.87. The Balaban J connectivity index is 1.69. The van der Waals surface area contributed by atoms with Crippen molar-refractivity contribution in [3.05, 3.63) is 35.4 Å². The van der Waals surface area contributed by atoms with Crippen molar-refractivity contribution in [1.29, 1.82) is 0 Å². The van der Waals surface area contributed by atoms with E-state index in [4.69, 9.17) is 12.2 Å². The first kappa shape index (κ1) is 19.1. The number of thiocarbonyl (C=S) groups is 1. The van der Waals surface area contributed by atoms with E-state index in [1.165, 1.54) is 31.4 Å². The standard InChI is InChI=1S/C22H30N2OS/c1-4-5-6-7-8-13-24-21(25)19(18-15-20(18)22(24)26)14-16-9-11-17(12-10-16)23(2)3/h9-12,14,18,20H,4-8,13,15H2,1-3H3/b19-14-/t18-,20-/m0/s1. The Labute approximate surface area is 163 Å². The van der Waals surface area contributed by atoms with E-state index in [0.717, 1.165) is 35.5 Å². The molecule has 1 aliphatic heterocycles. The summed E-state index contributed by atoms with van der Waals surface area (Å²) in [5.74, 6) is 0.895. The third-order valence-corrected chi connectivity index (χ3v) is 6.01. The largest absolute Gasteiger partial charge is 0.378 e. The molecule has 1 aromatic carbocycles. The van der Waals surface area contributed by atoms with Gasteiger partial charge in [-0.15, -0.1) is 0 Å². The molecule has 1 amide bonds. The lowest BCUT2D eigenvalue weighted by atomic mass is 9.99. The zero-order valence-corrected chi connectivity index (χ0v) is 17.0. The number of rotatable bonds is 8. The summed E-state index contributed by atoms with van der Waals surface area (Å²) in [6, 6.07) is 8.38. The van der Waals surface area contributed by atoms with Crippen molar-refractivity contribution >= 4 is 34.9 Å². The van der Waals surface area contributed by atoms with Crippen LogP contribution < -0.4 is 4.90 Å². The zero-order chi connectivity index (χ0) is 18.7. The molecule has 1 saturated carbocycles. The number of carbonyl (C=O) groups excluding carboxylic acids is 1. The minimum atomic E-state index is 0.140. The van der Waals surface area contributed by atoms with Gasteiger partial charge in [0.25, 0.3) is 5.91 Å². The zero-order valence-electron chi connectivity index (χ0n) is 16.2. The van der Waals surface area contributed by atoms with Gasteiger partial charge in [-0.3, -0.25) is 4.79 Å². The molecule has 4 heteroatoms. The molecule has 0 N–H and O–H groups in total. The maximum absolute atomic E-state index is 13.0. The van der Waals surface area contributed by atoms with E-state index in [1.54, 1.807) is 0 Å². The summed E-state index contributed by atoms with van der Waals surface area (Å²) in [7, 11) is 4.07. The molecule has 1 aliphatic carbocycles. The van der Waals surface area contributed by atoms with Crippen molar-refractivity contribution in [3.63, 3.8) is 0 Å². The lowest BCUT2D eigenvalue weighted by molar-refractivity contribution is -0.124. The van der Waals surface area contributed by atoms with E-state index in [1.807, 2.05) is 19.0 Å². The first-order chi connectivity index (χ1) is 12.5. The minimum Gasteiger partial charge on any atom is -0.378 e. The SMILES string of the molecule is CCCCCCCN1C(=O)/C(=C\c2ccc(N(C)C)cc2)[C@@H]2C[C@@H]2C1=S. The van der Waals surface area contributed by atoms with E-state index < -0.39 is 0 Å². The molecule has 0 radical (unpaired) electrons. The molecule has 2 aliphatic rings. The Morgan fingerprint density at radius 3 is 2.46 bits per heavy atom. The molecule has 26 heavy (non-hydrogen) atoms. The minimum absolute atomic E-state index is 0.140. The molecule has 1 aromatic rings. The van der Waals surface area contributed by atoms with Crippen molar-refractivity contribution < 1.29 is 4.79 Å². The average Bonchev–Trinajstić information content (AvgIpc) is 3.42. The topological polar surface area (TPSA) is 23.6 Å². The van der Waals surface area contributed by atoms with Gasteiger partial charge in [-0.05, 0) is 42.5 Å². The van der Waals surface area contributed by atoms with Gasteiger partial charge in [-0.25, -0.2) is 0 Å². The van der Waals surface area contributed by atoms with E-state index in [-0.39, 0.29) is 5.91 Å². The van der Waals surface area contributed by atoms with Crippen LogP contribution in [0.25, 0.3) is 6.08 Å². The van der Waals surface area contributed by atoms with E-state index in [2.05, 4.69) is 42.2 Å². The number of benzene rings is 1. The Bertz CT molecular complexity index is 693. The van der Waals surface area contributed by atoms with Crippen LogP contribution in [0, 0.1) is 11.8 Å². The van der Waals surface area contributed by atoms with Crippen LogP contribution in [-0.2, 0) is 4.79 Å². The molecule has 1 saturated heterocycles. The summed E-state index contributed by atoms with van der Waals surface area (Å²) in [5, 5.41) is 0. The maximum Gasteiger partial charge on any atom is 0.254 e. The molecule has 0 bridgehead atoms. The predicted octanol–water partition coefficient (Wildman–Crippen LogP) is 4.91. The Morgan fingerprint density at radius 2 is 1.81 bits per heavy atom. The van der Waals surface area contributed by atoms with Crippen molar-refractivity contribution in [2.45, 2.75) is 45.4 Å². The smallest absolute Gasteiger partial charge is 0.254 e. The number of hydrogen-bond donors (Lipinski definition) is 0. The van der Waals surface area contributed by atoms with Gasteiger partial charge in [0, 0.05) is 37.8 Å². The molecule has 2 atom stereocenters. The molecule has 1 heterocycles. The lowest BCUT2D eigenvalue weighted by Crippen LogP contribution is -2.42. The van der Waals surface area contributed by atoms with Crippen LogP contribution in [0.1, 0.15) is 51.0 Å². The highest BCUT2D eigenvalue weighted by molar-refractivity contribution is 7.80. The van der Waals surface area contributed by atoms with Crippen LogP contribution in [0.15, 0.2) is 29.8 Å². The molecule has 2 fully saturated rings. The van der Waals surface area contributed by atoms with E-state index >= 15 is 0 Å². The van der Waals surface area contributed by atoms with Gasteiger partial charge in [0.15, 0.2) is 0 Å². The van der Waals surface area contributed by atoms with Crippen molar-refractivity contribution in [2.75, 3.05) is 25.5 Å². The fraction of sp³-hybridized carbons (Fsp3) is 0.545. The normalized spacial score (nSPS) is 23.3. The highest BCUT2D eigenvalue weighted by atomic mass is 32.1. The summed E-state index contributed by atoms with van der Waals surface area (Å²) in [6.07, 6.45) is 9.12. The summed E-state index contributed by atoms with van der Waals surface area (Å²) >= 11 is 5.61. The van der Waals surface area contributed by atoms with E-state index in [0.29, 0.717) is 11.8 Å². The van der Waals surface area contributed by atoms with Gasteiger partial charge >= 0.3 is 0 Å². The predicted molar refractivity (Wildman–Crippen MR) is 113 cm³/mol. The third kappa shape index (κ3) is 4.17. The van der Waals surface area contributed by atoms with Crippen LogP contribution in [0.4, 0.5) is 5.69 Å². The number of fused-ring (bicyclic) bond motifs is 1. The molecular formula is C22H30N2OS. The van der Waals surface area contributed by atoms with Crippen LogP contribution in [0.2, 0.25) is 0 Å². The fourth-order valence-electron chi connectivity index (χ4n) is 3.73. The van der Waals surface area contributed by atoms with Gasteiger partial charge in [0.1, 0.15) is 0 Å². The molecule has 0 unspecified atom stereocenters. The third-order valence-electron chi connectivity index (χ3n) is 5.48. The quantitative estimate of drug-likeness (QED) is 0.369. The van der Waals surface area contributed by atoms with Gasteiger partial charge < -0.3 is 9.80 Å². The lowest BCUT2D eigenvalue weighted by Gasteiger charge is -2.29. The Morgan fingerprint density at radius 1 is 1.12 bits per heavy atom. The van der Waals surface area contributed by atoms with Gasteiger partial charge in [-0.1, -0.05) is 57.0 Å². The summed E-state index contributed by atoms with van der Waals surface area (Å²) < 4.78 is 0. The van der Waals surface area contributed by atoms with Crippen LogP contribution >= 0.6 is 12.2 Å². The molecule has 3 nitrogen and oxygen atoms in total. The second kappa shape index (κ2) is 8.34.